The van der Waals surface area contributed by atoms with Gasteiger partial charge in [0.25, 0.3) is 0 Å². The molecule has 0 fully saturated rings. The number of ether oxygens (including phenoxy) is 1. The number of anilines is 1. The summed E-state index contributed by atoms with van der Waals surface area (Å²) in [5, 5.41) is 39.1. The molecule has 0 aliphatic rings. The van der Waals surface area contributed by atoms with E-state index in [0.717, 1.165) is 24.3 Å². The SMILES string of the molecule is O=S(=O)([O-])O.O=S(=O)([O-])O.[CH2-]CS(=O)(=O)c1ccc(N=Nc2c(NCS(=O)(=O)[O-])ccc3c(O)c(N=Nc4cc(OC)c(S(=O)(=O)C[CH2-])cc4O)[c-]cc23)c(S(=O)(=O)[O-])c1.[Cu].[Na+].[Na+].[Na+].[Na+].[Na+]. The van der Waals surface area contributed by atoms with Gasteiger partial charge in [-0.3, -0.25) is 9.11 Å². The van der Waals surface area contributed by atoms with Crippen LogP contribution in [0.3, 0.4) is 0 Å². The Kier molecular flexibility index (Phi) is 35.7. The number of azo groups is 2. The second-order valence-electron chi connectivity index (χ2n) is 10.8. The number of hydrogen-bond acceptors (Lipinski definition) is 24. The van der Waals surface area contributed by atoms with Gasteiger partial charge in [0.1, 0.15) is 53.9 Å². The molecular formula is C28H26CuN5Na5O21S6-2. The number of aromatic hydroxyl groups is 2. The Morgan fingerprint density at radius 3 is 1.62 bits per heavy atom. The van der Waals surface area contributed by atoms with Gasteiger partial charge in [-0.1, -0.05) is 28.3 Å². The summed E-state index contributed by atoms with van der Waals surface area (Å²) in [5.41, 5.74) is -1.65. The smallest absolute Gasteiger partial charge is 0.747 e. The van der Waals surface area contributed by atoms with Crippen molar-refractivity contribution >= 4 is 99.9 Å². The fraction of sp³-hybridized carbons (Fsp3) is 0.143. The van der Waals surface area contributed by atoms with Crippen LogP contribution in [0.1, 0.15) is 0 Å². The van der Waals surface area contributed by atoms with Crippen LogP contribution in [0.15, 0.2) is 83.7 Å². The van der Waals surface area contributed by atoms with E-state index in [2.05, 4.69) is 45.7 Å². The number of hydrogen-bond donors (Lipinski definition) is 5. The molecule has 0 saturated carbocycles. The van der Waals surface area contributed by atoms with Crippen LogP contribution < -0.4 is 158 Å². The molecule has 0 unspecified atom stereocenters. The second kappa shape index (κ2) is 31.2. The van der Waals surface area contributed by atoms with Crippen molar-refractivity contribution in [3.63, 3.8) is 0 Å². The zero-order valence-electron chi connectivity index (χ0n) is 34.9. The third-order valence-electron chi connectivity index (χ3n) is 6.70. The molecule has 0 spiro atoms. The first-order valence-electron chi connectivity index (χ1n) is 14.8. The van der Waals surface area contributed by atoms with E-state index < -0.39 is 105 Å². The van der Waals surface area contributed by atoms with Crippen LogP contribution in [0.25, 0.3) is 10.8 Å². The maximum absolute atomic E-state index is 12.3. The van der Waals surface area contributed by atoms with Crippen molar-refractivity contribution in [2.24, 2.45) is 20.5 Å². The van der Waals surface area contributed by atoms with Gasteiger partial charge in [-0.25, -0.2) is 50.5 Å². The maximum atomic E-state index is 12.3. The third kappa shape index (κ3) is 25.3. The van der Waals surface area contributed by atoms with Gasteiger partial charge in [0.2, 0.25) is 20.8 Å². The molecule has 4 aromatic carbocycles. The van der Waals surface area contributed by atoms with Crippen LogP contribution >= 0.6 is 0 Å². The van der Waals surface area contributed by atoms with Crippen molar-refractivity contribution in [3.8, 4) is 17.2 Å². The summed E-state index contributed by atoms with van der Waals surface area (Å²) in [4.78, 5) is -1.93. The Labute approximate surface area is 500 Å². The number of nitrogens with one attached hydrogen (secondary N) is 1. The summed E-state index contributed by atoms with van der Waals surface area (Å²) in [6.07, 6.45) is 0. The van der Waals surface area contributed by atoms with Crippen molar-refractivity contribution in [2.75, 3.05) is 29.8 Å². The minimum atomic E-state index is -5.32. The fourth-order valence-corrected chi connectivity index (χ4v) is 7.03. The molecule has 5 N–H and O–H groups in total. The van der Waals surface area contributed by atoms with Gasteiger partial charge in [-0.05, 0) is 24.3 Å². The normalized spacial score (nSPS) is 11.6. The molecule has 343 valence electrons. The van der Waals surface area contributed by atoms with E-state index in [0.29, 0.717) is 6.07 Å². The van der Waals surface area contributed by atoms with Crippen molar-refractivity contribution in [1.29, 1.82) is 0 Å². The molecule has 0 atom stereocenters. The second-order valence-corrected chi connectivity index (χ2v) is 19.4. The van der Waals surface area contributed by atoms with Gasteiger partial charge < -0.3 is 52.3 Å². The Morgan fingerprint density at radius 1 is 0.667 bits per heavy atom. The summed E-state index contributed by atoms with van der Waals surface area (Å²) in [5.74, 6) is -3.69. The molecule has 0 amide bonds. The van der Waals surface area contributed by atoms with Gasteiger partial charge in [-0.15, -0.1) is 5.11 Å². The molecule has 4 rings (SSSR count). The van der Waals surface area contributed by atoms with E-state index in [4.69, 9.17) is 39.8 Å². The van der Waals surface area contributed by atoms with E-state index in [1.165, 1.54) is 25.3 Å². The monoisotopic (exact) mass is 1140 g/mol. The van der Waals surface area contributed by atoms with Crippen LogP contribution in [0, 0.1) is 19.9 Å². The number of nitrogens with zero attached hydrogens (tertiary/aromatic N) is 4. The fourth-order valence-electron chi connectivity index (χ4n) is 4.22. The molecule has 38 heteroatoms. The first-order chi connectivity index (χ1) is 27.2. The molecule has 0 aromatic heterocycles. The molecule has 0 bridgehead atoms. The Morgan fingerprint density at radius 2 is 1.17 bits per heavy atom. The van der Waals surface area contributed by atoms with E-state index >= 15 is 0 Å². The third-order valence-corrected chi connectivity index (χ3v) is 11.1. The average Bonchev–Trinajstić information content (AvgIpc) is 3.11. The molecule has 0 saturated heterocycles. The summed E-state index contributed by atoms with van der Waals surface area (Å²) < 4.78 is 190. The number of phenols is 2. The van der Waals surface area contributed by atoms with E-state index in [-0.39, 0.29) is 209 Å². The zero-order valence-corrected chi connectivity index (χ0v) is 50.8. The van der Waals surface area contributed by atoms with Gasteiger partial charge in [0.05, 0.1) is 28.3 Å². The van der Waals surface area contributed by atoms with Gasteiger partial charge >= 0.3 is 148 Å². The summed E-state index contributed by atoms with van der Waals surface area (Å²) >= 11 is 0. The van der Waals surface area contributed by atoms with Crippen LogP contribution in [-0.4, -0.2) is 113 Å². The summed E-state index contributed by atoms with van der Waals surface area (Å²) in [6, 6.07) is 10.6. The van der Waals surface area contributed by atoms with Crippen molar-refractivity contribution in [3.05, 3.63) is 68.4 Å². The summed E-state index contributed by atoms with van der Waals surface area (Å²) in [7, 11) is -26.8. The predicted molar refractivity (Wildman–Crippen MR) is 200 cm³/mol. The van der Waals surface area contributed by atoms with Crippen molar-refractivity contribution in [2.45, 2.75) is 14.7 Å². The first kappa shape index (κ1) is 75.5. The minimum absolute atomic E-state index is 0. The number of methoxy groups -OCH3 is 1. The van der Waals surface area contributed by atoms with E-state index in [9.17, 15) is 53.0 Å². The maximum Gasteiger partial charge on any atom is 1.00 e. The Bertz CT molecular complexity index is 3000. The molecule has 1 radical (unpaired) electrons. The molecule has 0 heterocycles. The van der Waals surface area contributed by atoms with E-state index in [1.807, 2.05) is 0 Å². The van der Waals surface area contributed by atoms with Gasteiger partial charge in [0.15, 0.2) is 19.7 Å². The van der Waals surface area contributed by atoms with Crippen molar-refractivity contribution in [1.82, 2.24) is 0 Å². The molecule has 66 heavy (non-hydrogen) atoms. The topological polar surface area (TPSA) is 449 Å². The molecular weight excluding hydrogens is 1110 g/mol. The van der Waals surface area contributed by atoms with Crippen LogP contribution in [-0.2, 0) is 77.8 Å². The molecule has 0 aliphatic heterocycles. The first-order valence-corrected chi connectivity index (χ1v) is 23.9. The Balaban J connectivity index is -0.000000700. The van der Waals surface area contributed by atoms with Gasteiger partial charge in [0, 0.05) is 40.6 Å². The van der Waals surface area contributed by atoms with Crippen LogP contribution in [0.2, 0.25) is 0 Å². The Hall–Kier alpha value is 0.519. The quantitative estimate of drug-likeness (QED) is 0.0273. The molecule has 0 aliphatic carbocycles. The zero-order chi connectivity index (χ0) is 46.2. The van der Waals surface area contributed by atoms with Crippen LogP contribution in [0.5, 0.6) is 17.2 Å². The standard InChI is InChI=1S/C28H26N5O13S4.Cu.5Na.2H2O4S/c1-4-47(36,37)16-6-9-19(25(12-16)50(43,44)45)30-33-27-17-7-11-21(28(35)18(17)8-10-20(27)29-15-49(40,41)42)31-32-22-13-24(46-3)26(14-23(22)34)48(38,39)5-2;;;;;;;2*1-5(2,3)4/h6-10,12-14,29,34-35H,1-2,4-5,15H2,3H3,(H,40,41,42)(H,43,44,45);;;;;;;2*(H2,1,2,3,4)/q-3;;5*+1;;/p-4. The number of sulfone groups is 2. The average molecular weight is 1140 g/mol. The van der Waals surface area contributed by atoms with Crippen LogP contribution in [0.4, 0.5) is 28.4 Å². The van der Waals surface area contributed by atoms with Crippen molar-refractivity contribution < 1.29 is 258 Å². The summed E-state index contributed by atoms with van der Waals surface area (Å²) in [6.45, 7) is 6.60. The van der Waals surface area contributed by atoms with Gasteiger partial charge in [-0.2, -0.15) is 27.5 Å². The number of benzene rings is 4. The number of phenolic OH excluding ortho intramolecular Hbond substituents is 2. The number of fused-ring (bicyclic) bond motifs is 1. The molecule has 4 aromatic rings. The predicted octanol–water partition coefficient (Wildman–Crippen LogP) is -13.0. The minimum Gasteiger partial charge on any atom is -0.747 e. The largest absolute Gasteiger partial charge is 1.00 e. The number of rotatable bonds is 13. The molecule has 26 nitrogen and oxygen atoms in total. The van der Waals surface area contributed by atoms with E-state index in [1.54, 1.807) is 0 Å².